The topological polar surface area (TPSA) is 35.0 Å². The monoisotopic (exact) mass is 270 g/mol. The van der Waals surface area contributed by atoms with Gasteiger partial charge in [-0.3, -0.25) is 0 Å². The first-order valence-electron chi connectivity index (χ1n) is 4.00. The molecule has 1 aromatic carbocycles. The molecule has 0 amide bonds. The van der Waals surface area contributed by atoms with E-state index >= 15 is 0 Å². The molecule has 0 bridgehead atoms. The number of benzene rings is 1. The Morgan fingerprint density at radius 2 is 2.07 bits per heavy atom. The summed E-state index contributed by atoms with van der Waals surface area (Å²) in [5.74, 6) is 1.53. The maximum Gasteiger partial charge on any atom is 0.181 e. The van der Waals surface area contributed by atoms with Gasteiger partial charge in [-0.2, -0.15) is 4.37 Å². The van der Waals surface area contributed by atoms with Crippen LogP contribution in [0.3, 0.4) is 0 Å². The van der Waals surface area contributed by atoms with E-state index in [2.05, 4.69) is 25.3 Å². The lowest BCUT2D eigenvalue weighted by atomic mass is 10.3. The van der Waals surface area contributed by atoms with Crippen LogP contribution in [0.2, 0.25) is 0 Å². The Hall–Kier alpha value is -0.940. The van der Waals surface area contributed by atoms with Crippen molar-refractivity contribution in [3.8, 4) is 5.75 Å². The Morgan fingerprint density at radius 3 is 2.71 bits per heavy atom. The van der Waals surface area contributed by atoms with Gasteiger partial charge in [0.15, 0.2) is 9.74 Å². The van der Waals surface area contributed by atoms with Crippen LogP contribution in [-0.2, 0) is 6.61 Å². The highest BCUT2D eigenvalue weighted by molar-refractivity contribution is 9.11. The van der Waals surface area contributed by atoms with Crippen LogP contribution in [0, 0.1) is 0 Å². The largest absolute Gasteiger partial charge is 0.486 e. The van der Waals surface area contributed by atoms with Crippen LogP contribution in [0.15, 0.2) is 34.2 Å². The van der Waals surface area contributed by atoms with Gasteiger partial charge in [0, 0.05) is 0 Å². The average molecular weight is 271 g/mol. The number of hydrogen-bond donors (Lipinski definition) is 0. The first kappa shape index (κ1) is 9.61. The normalized spacial score (nSPS) is 10.1. The summed E-state index contributed by atoms with van der Waals surface area (Å²) in [5, 5.41) is 0. The number of rotatable bonds is 3. The fourth-order valence-corrected chi connectivity index (χ4v) is 1.80. The highest BCUT2D eigenvalue weighted by atomic mass is 79.9. The van der Waals surface area contributed by atoms with Crippen LogP contribution in [-0.4, -0.2) is 9.36 Å². The Kier molecular flexibility index (Phi) is 3.10. The molecule has 0 aliphatic carbocycles. The van der Waals surface area contributed by atoms with E-state index in [4.69, 9.17) is 4.74 Å². The van der Waals surface area contributed by atoms with E-state index in [-0.39, 0.29) is 0 Å². The summed E-state index contributed by atoms with van der Waals surface area (Å²) in [7, 11) is 0. The van der Waals surface area contributed by atoms with Gasteiger partial charge in [-0.1, -0.05) is 18.2 Å². The van der Waals surface area contributed by atoms with Crippen molar-refractivity contribution < 1.29 is 4.74 Å². The maximum atomic E-state index is 5.47. The first-order valence-corrected chi connectivity index (χ1v) is 5.57. The number of nitrogens with zero attached hydrogens (tertiary/aromatic N) is 2. The Morgan fingerprint density at radius 1 is 1.29 bits per heavy atom. The third-order valence-corrected chi connectivity index (χ3v) is 2.71. The van der Waals surface area contributed by atoms with Crippen LogP contribution < -0.4 is 4.74 Å². The minimum atomic E-state index is 0.409. The molecule has 0 radical (unpaired) electrons. The molecule has 2 aromatic rings. The van der Waals surface area contributed by atoms with Gasteiger partial charge in [-0.25, -0.2) is 4.98 Å². The Labute approximate surface area is 94.1 Å². The lowest BCUT2D eigenvalue weighted by molar-refractivity contribution is 0.297. The lowest BCUT2D eigenvalue weighted by Crippen LogP contribution is -1.96. The molecule has 0 aliphatic rings. The van der Waals surface area contributed by atoms with Crippen LogP contribution >= 0.6 is 27.5 Å². The van der Waals surface area contributed by atoms with Crippen molar-refractivity contribution in [3.05, 3.63) is 40.1 Å². The average Bonchev–Trinajstić information content (AvgIpc) is 2.63. The fourth-order valence-electron chi connectivity index (χ4n) is 0.956. The predicted octanol–water partition coefficient (Wildman–Crippen LogP) is 2.88. The summed E-state index contributed by atoms with van der Waals surface area (Å²) in [6.45, 7) is 0.409. The molecule has 0 fully saturated rings. The molecule has 1 heterocycles. The third-order valence-electron chi connectivity index (χ3n) is 1.55. The van der Waals surface area contributed by atoms with Crippen molar-refractivity contribution in [2.45, 2.75) is 6.61 Å². The highest BCUT2D eigenvalue weighted by Gasteiger charge is 2.01. The van der Waals surface area contributed by atoms with Gasteiger partial charge in [0.05, 0.1) is 0 Å². The molecule has 0 saturated carbocycles. The molecule has 0 aliphatic heterocycles. The molecule has 14 heavy (non-hydrogen) atoms. The molecule has 2 rings (SSSR count). The van der Waals surface area contributed by atoms with E-state index in [0.29, 0.717) is 12.4 Å². The van der Waals surface area contributed by atoms with Crippen molar-refractivity contribution >= 4 is 27.5 Å². The summed E-state index contributed by atoms with van der Waals surface area (Å²) in [4.78, 5) is 4.12. The molecule has 0 atom stereocenters. The van der Waals surface area contributed by atoms with Crippen LogP contribution in [0.1, 0.15) is 5.82 Å². The second kappa shape index (κ2) is 4.52. The van der Waals surface area contributed by atoms with Crippen LogP contribution in [0.25, 0.3) is 0 Å². The van der Waals surface area contributed by atoms with Gasteiger partial charge in [0.25, 0.3) is 0 Å². The van der Waals surface area contributed by atoms with E-state index < -0.39 is 0 Å². The van der Waals surface area contributed by atoms with E-state index in [1.807, 2.05) is 30.3 Å². The lowest BCUT2D eigenvalue weighted by Gasteiger charge is -2.01. The predicted molar refractivity (Wildman–Crippen MR) is 58.4 cm³/mol. The van der Waals surface area contributed by atoms with E-state index in [1.54, 1.807) is 0 Å². The quantitative estimate of drug-likeness (QED) is 0.861. The van der Waals surface area contributed by atoms with Crippen molar-refractivity contribution in [2.24, 2.45) is 0 Å². The van der Waals surface area contributed by atoms with Gasteiger partial charge >= 0.3 is 0 Å². The van der Waals surface area contributed by atoms with Crippen LogP contribution in [0.4, 0.5) is 0 Å². The standard InChI is InChI=1S/C9H7BrN2OS/c10-9-11-8(12-14-9)6-13-7-4-2-1-3-5-7/h1-5H,6H2. The van der Waals surface area contributed by atoms with E-state index in [1.165, 1.54) is 11.5 Å². The number of ether oxygens (including phenoxy) is 1. The molecule has 3 nitrogen and oxygen atoms in total. The van der Waals surface area contributed by atoms with Crippen molar-refractivity contribution in [1.29, 1.82) is 0 Å². The molecule has 72 valence electrons. The van der Waals surface area contributed by atoms with Gasteiger partial charge in [-0.05, 0) is 39.6 Å². The van der Waals surface area contributed by atoms with Crippen molar-refractivity contribution in [1.82, 2.24) is 9.36 Å². The molecule has 1 aromatic heterocycles. The number of para-hydroxylation sites is 1. The Bertz CT molecular complexity index is 404. The number of hydrogen-bond acceptors (Lipinski definition) is 4. The van der Waals surface area contributed by atoms with Crippen LogP contribution in [0.5, 0.6) is 5.75 Å². The summed E-state index contributed by atoms with van der Waals surface area (Å²) < 4.78 is 10.3. The molecular weight excluding hydrogens is 264 g/mol. The zero-order valence-electron chi connectivity index (χ0n) is 7.18. The molecule has 0 N–H and O–H groups in total. The van der Waals surface area contributed by atoms with Crippen molar-refractivity contribution in [2.75, 3.05) is 0 Å². The second-order valence-electron chi connectivity index (χ2n) is 2.57. The molecule has 5 heteroatoms. The number of aromatic nitrogens is 2. The van der Waals surface area contributed by atoms with Gasteiger partial charge in [0.2, 0.25) is 0 Å². The number of halogens is 1. The molecule has 0 saturated heterocycles. The second-order valence-corrected chi connectivity index (χ2v) is 4.59. The van der Waals surface area contributed by atoms with Gasteiger partial charge < -0.3 is 4.74 Å². The maximum absolute atomic E-state index is 5.47. The first-order chi connectivity index (χ1) is 6.84. The third kappa shape index (κ3) is 2.52. The molecule has 0 spiro atoms. The highest BCUT2D eigenvalue weighted by Crippen LogP contribution is 2.14. The summed E-state index contributed by atoms with van der Waals surface area (Å²) in [5.41, 5.74) is 0. The summed E-state index contributed by atoms with van der Waals surface area (Å²) in [6.07, 6.45) is 0. The molecule has 0 unspecified atom stereocenters. The zero-order chi connectivity index (χ0) is 9.80. The van der Waals surface area contributed by atoms with Gasteiger partial charge in [0.1, 0.15) is 12.4 Å². The van der Waals surface area contributed by atoms with E-state index in [9.17, 15) is 0 Å². The Balaban J connectivity index is 1.95. The molecular formula is C9H7BrN2OS. The summed E-state index contributed by atoms with van der Waals surface area (Å²) >= 11 is 4.56. The SMILES string of the molecule is Brc1nc(COc2ccccc2)ns1. The van der Waals surface area contributed by atoms with Crippen molar-refractivity contribution in [3.63, 3.8) is 0 Å². The zero-order valence-corrected chi connectivity index (χ0v) is 9.59. The minimum Gasteiger partial charge on any atom is -0.486 e. The minimum absolute atomic E-state index is 0.409. The summed E-state index contributed by atoms with van der Waals surface area (Å²) in [6, 6.07) is 9.62. The van der Waals surface area contributed by atoms with Gasteiger partial charge in [-0.15, -0.1) is 0 Å². The fraction of sp³-hybridized carbons (Fsp3) is 0.111. The smallest absolute Gasteiger partial charge is 0.181 e. The van der Waals surface area contributed by atoms with E-state index in [0.717, 1.165) is 9.67 Å².